The number of unbranched alkanes of at least 4 members (excludes halogenated alkanes) is 2. The number of halogens is 2. The lowest BCUT2D eigenvalue weighted by molar-refractivity contribution is 0.486. The van der Waals surface area contributed by atoms with Crippen LogP contribution in [0.1, 0.15) is 38.2 Å². The molecule has 16 heavy (non-hydrogen) atoms. The van der Waals surface area contributed by atoms with Crippen molar-refractivity contribution in [2.24, 2.45) is 5.73 Å². The lowest BCUT2D eigenvalue weighted by atomic mass is 10.0. The molecule has 0 saturated carbocycles. The molecule has 0 aliphatic carbocycles. The van der Waals surface area contributed by atoms with E-state index < -0.39 is 11.6 Å². The molecule has 0 bridgehead atoms. The summed E-state index contributed by atoms with van der Waals surface area (Å²) in [4.78, 5) is 0. The minimum atomic E-state index is -0.793. The van der Waals surface area contributed by atoms with Crippen molar-refractivity contribution in [1.82, 2.24) is 0 Å². The number of nitrogens with two attached hydrogens (primary N) is 1. The summed E-state index contributed by atoms with van der Waals surface area (Å²) in [5, 5.41) is 0. The highest BCUT2D eigenvalue weighted by molar-refractivity contribution is 5.19. The molecule has 0 saturated heterocycles. The molecule has 3 heteroatoms. The topological polar surface area (TPSA) is 26.0 Å². The maximum absolute atomic E-state index is 13.3. The van der Waals surface area contributed by atoms with Crippen molar-refractivity contribution in [3.63, 3.8) is 0 Å². The van der Waals surface area contributed by atoms with Crippen molar-refractivity contribution >= 4 is 0 Å². The molecule has 1 atom stereocenters. The standard InChI is InChI=1S/C13H19F2N/c1-2-3-4-7-11(16)9-10-6-5-8-12(14)13(10)15/h5-6,8,11H,2-4,7,9,16H2,1H3. The molecule has 0 fully saturated rings. The molecular weight excluding hydrogens is 208 g/mol. The smallest absolute Gasteiger partial charge is 0.162 e. The van der Waals surface area contributed by atoms with Crippen molar-refractivity contribution in [3.05, 3.63) is 35.4 Å². The third kappa shape index (κ3) is 3.89. The van der Waals surface area contributed by atoms with E-state index in [1.165, 1.54) is 6.07 Å². The van der Waals surface area contributed by atoms with E-state index in [4.69, 9.17) is 5.73 Å². The van der Waals surface area contributed by atoms with E-state index in [0.717, 1.165) is 31.7 Å². The average Bonchev–Trinajstić information content (AvgIpc) is 2.25. The van der Waals surface area contributed by atoms with E-state index in [2.05, 4.69) is 6.92 Å². The van der Waals surface area contributed by atoms with Crippen LogP contribution in [0.2, 0.25) is 0 Å². The normalized spacial score (nSPS) is 12.8. The van der Waals surface area contributed by atoms with Crippen LogP contribution in [0.3, 0.4) is 0 Å². The molecule has 0 aliphatic rings. The number of hydrogen-bond donors (Lipinski definition) is 1. The molecule has 1 aromatic carbocycles. The minimum Gasteiger partial charge on any atom is -0.327 e. The summed E-state index contributed by atoms with van der Waals surface area (Å²) in [7, 11) is 0. The van der Waals surface area contributed by atoms with Crippen molar-refractivity contribution < 1.29 is 8.78 Å². The summed E-state index contributed by atoms with van der Waals surface area (Å²) in [6.07, 6.45) is 4.60. The highest BCUT2D eigenvalue weighted by Crippen LogP contribution is 2.14. The van der Waals surface area contributed by atoms with E-state index in [1.54, 1.807) is 6.07 Å². The number of hydrogen-bond acceptors (Lipinski definition) is 1. The largest absolute Gasteiger partial charge is 0.327 e. The summed E-state index contributed by atoms with van der Waals surface area (Å²) in [5.41, 5.74) is 6.26. The fourth-order valence-corrected chi connectivity index (χ4v) is 1.75. The zero-order chi connectivity index (χ0) is 12.0. The Morgan fingerprint density at radius 2 is 2.00 bits per heavy atom. The molecule has 1 nitrogen and oxygen atoms in total. The Morgan fingerprint density at radius 1 is 1.25 bits per heavy atom. The fourth-order valence-electron chi connectivity index (χ4n) is 1.75. The molecule has 0 aliphatic heterocycles. The minimum absolute atomic E-state index is 0.0807. The number of rotatable bonds is 6. The molecule has 90 valence electrons. The van der Waals surface area contributed by atoms with E-state index in [9.17, 15) is 8.78 Å². The van der Waals surface area contributed by atoms with Gasteiger partial charge >= 0.3 is 0 Å². The molecule has 1 rings (SSSR count). The molecule has 0 amide bonds. The van der Waals surface area contributed by atoms with Crippen LogP contribution >= 0.6 is 0 Å². The van der Waals surface area contributed by atoms with E-state index in [-0.39, 0.29) is 6.04 Å². The SMILES string of the molecule is CCCCCC(N)Cc1cccc(F)c1F. The summed E-state index contributed by atoms with van der Waals surface area (Å²) in [5.74, 6) is -1.55. The van der Waals surface area contributed by atoms with Crippen molar-refractivity contribution in [2.45, 2.75) is 45.1 Å². The van der Waals surface area contributed by atoms with E-state index in [0.29, 0.717) is 12.0 Å². The lowest BCUT2D eigenvalue weighted by Crippen LogP contribution is -2.23. The van der Waals surface area contributed by atoms with Crippen LogP contribution in [0.25, 0.3) is 0 Å². The molecule has 0 heterocycles. The van der Waals surface area contributed by atoms with Gasteiger partial charge in [0.15, 0.2) is 11.6 Å². The Morgan fingerprint density at radius 3 is 2.69 bits per heavy atom. The van der Waals surface area contributed by atoms with Crippen molar-refractivity contribution in [2.75, 3.05) is 0 Å². The average molecular weight is 227 g/mol. The van der Waals surface area contributed by atoms with Crippen molar-refractivity contribution in [3.8, 4) is 0 Å². The van der Waals surface area contributed by atoms with Gasteiger partial charge in [-0.05, 0) is 24.5 Å². The number of benzene rings is 1. The van der Waals surface area contributed by atoms with Gasteiger partial charge in [-0.1, -0.05) is 38.3 Å². The summed E-state index contributed by atoms with van der Waals surface area (Å²) in [6, 6.07) is 4.16. The van der Waals surface area contributed by atoms with Crippen LogP contribution in [0.5, 0.6) is 0 Å². The molecular formula is C13H19F2N. The predicted octanol–water partition coefficient (Wildman–Crippen LogP) is 3.41. The van der Waals surface area contributed by atoms with Gasteiger partial charge in [-0.15, -0.1) is 0 Å². The Balaban J connectivity index is 2.49. The fraction of sp³-hybridized carbons (Fsp3) is 0.538. The maximum atomic E-state index is 13.3. The van der Waals surface area contributed by atoms with Crippen LogP contribution in [-0.4, -0.2) is 6.04 Å². The molecule has 2 N–H and O–H groups in total. The highest BCUT2D eigenvalue weighted by Gasteiger charge is 2.11. The predicted molar refractivity (Wildman–Crippen MR) is 62.2 cm³/mol. The second kappa shape index (κ2) is 6.59. The van der Waals surface area contributed by atoms with Crippen LogP contribution < -0.4 is 5.73 Å². The monoisotopic (exact) mass is 227 g/mol. The summed E-state index contributed by atoms with van der Waals surface area (Å²) in [6.45, 7) is 2.12. The van der Waals surface area contributed by atoms with Crippen LogP contribution in [-0.2, 0) is 6.42 Å². The van der Waals surface area contributed by atoms with Crippen molar-refractivity contribution in [1.29, 1.82) is 0 Å². The van der Waals surface area contributed by atoms with Gasteiger partial charge in [-0.25, -0.2) is 8.78 Å². The third-order valence-corrected chi connectivity index (χ3v) is 2.69. The third-order valence-electron chi connectivity index (χ3n) is 2.69. The van der Waals surface area contributed by atoms with E-state index in [1.807, 2.05) is 0 Å². The zero-order valence-corrected chi connectivity index (χ0v) is 9.68. The van der Waals surface area contributed by atoms with Crippen LogP contribution in [0.15, 0.2) is 18.2 Å². The molecule has 0 spiro atoms. The maximum Gasteiger partial charge on any atom is 0.162 e. The quantitative estimate of drug-likeness (QED) is 0.740. The molecule has 1 unspecified atom stereocenters. The highest BCUT2D eigenvalue weighted by atomic mass is 19.2. The van der Waals surface area contributed by atoms with Gasteiger partial charge in [0, 0.05) is 6.04 Å². The van der Waals surface area contributed by atoms with Gasteiger partial charge in [0.2, 0.25) is 0 Å². The van der Waals surface area contributed by atoms with Gasteiger partial charge in [0.25, 0.3) is 0 Å². The molecule has 0 aromatic heterocycles. The van der Waals surface area contributed by atoms with Gasteiger partial charge in [-0.3, -0.25) is 0 Å². The van der Waals surface area contributed by atoms with E-state index >= 15 is 0 Å². The zero-order valence-electron chi connectivity index (χ0n) is 9.68. The Bertz CT molecular complexity index is 326. The van der Waals surface area contributed by atoms with Gasteiger partial charge in [0.05, 0.1) is 0 Å². The Labute approximate surface area is 95.7 Å². The summed E-state index contributed by atoms with van der Waals surface area (Å²) >= 11 is 0. The van der Waals surface area contributed by atoms with Gasteiger partial charge in [0.1, 0.15) is 0 Å². The van der Waals surface area contributed by atoms with Crippen LogP contribution in [0, 0.1) is 11.6 Å². The Hall–Kier alpha value is -0.960. The summed E-state index contributed by atoms with van der Waals surface area (Å²) < 4.78 is 26.2. The molecule has 1 aromatic rings. The van der Waals surface area contributed by atoms with Gasteiger partial charge < -0.3 is 5.73 Å². The second-order valence-corrected chi connectivity index (χ2v) is 4.17. The first kappa shape index (κ1) is 13.1. The first-order valence-electron chi connectivity index (χ1n) is 5.83. The first-order chi connectivity index (χ1) is 7.65. The second-order valence-electron chi connectivity index (χ2n) is 4.17. The van der Waals surface area contributed by atoms with Crippen LogP contribution in [0.4, 0.5) is 8.78 Å². The lowest BCUT2D eigenvalue weighted by Gasteiger charge is -2.12. The first-order valence-corrected chi connectivity index (χ1v) is 5.83. The Kier molecular flexibility index (Phi) is 5.39. The van der Waals surface area contributed by atoms with Gasteiger partial charge in [-0.2, -0.15) is 0 Å². The molecule has 0 radical (unpaired) electrons.